The van der Waals surface area contributed by atoms with Crippen molar-refractivity contribution in [2.24, 2.45) is 5.92 Å². The van der Waals surface area contributed by atoms with E-state index in [0.717, 1.165) is 25.7 Å². The first-order chi connectivity index (χ1) is 8.99. The van der Waals surface area contributed by atoms with Gasteiger partial charge in [-0.15, -0.1) is 0 Å². The molecule has 1 rings (SSSR count). The SMILES string of the molecule is CC(=O)NCOCC1CCC(NC(=O)N(C)C)CC1. The normalized spacial score (nSPS) is 22.7. The van der Waals surface area contributed by atoms with Gasteiger partial charge in [0.1, 0.15) is 6.73 Å². The molecule has 0 saturated heterocycles. The predicted molar refractivity (Wildman–Crippen MR) is 72.6 cm³/mol. The van der Waals surface area contributed by atoms with Crippen molar-refractivity contribution in [3.05, 3.63) is 0 Å². The fraction of sp³-hybridized carbons (Fsp3) is 0.846. The second kappa shape index (κ2) is 7.99. The summed E-state index contributed by atoms with van der Waals surface area (Å²) in [6.07, 6.45) is 4.10. The van der Waals surface area contributed by atoms with E-state index in [-0.39, 0.29) is 24.7 Å². The number of nitrogens with zero attached hydrogens (tertiary/aromatic N) is 1. The van der Waals surface area contributed by atoms with Crippen LogP contribution in [0.1, 0.15) is 32.6 Å². The molecular weight excluding hydrogens is 246 g/mol. The Hall–Kier alpha value is -1.30. The van der Waals surface area contributed by atoms with Crippen molar-refractivity contribution in [3.63, 3.8) is 0 Å². The fourth-order valence-electron chi connectivity index (χ4n) is 2.16. The highest BCUT2D eigenvalue weighted by Crippen LogP contribution is 2.24. The largest absolute Gasteiger partial charge is 0.361 e. The minimum absolute atomic E-state index is 0.0228. The van der Waals surface area contributed by atoms with Gasteiger partial charge in [-0.1, -0.05) is 0 Å². The highest BCUT2D eigenvalue weighted by molar-refractivity contribution is 5.73. The maximum atomic E-state index is 11.5. The van der Waals surface area contributed by atoms with E-state index in [1.54, 1.807) is 19.0 Å². The van der Waals surface area contributed by atoms with E-state index >= 15 is 0 Å². The molecule has 6 heteroatoms. The molecule has 0 bridgehead atoms. The molecule has 6 nitrogen and oxygen atoms in total. The molecule has 1 aliphatic carbocycles. The Morgan fingerprint density at radius 1 is 1.21 bits per heavy atom. The Labute approximate surface area is 114 Å². The Kier molecular flexibility index (Phi) is 6.62. The molecule has 1 fully saturated rings. The summed E-state index contributed by atoms with van der Waals surface area (Å²) in [7, 11) is 3.49. The number of nitrogens with one attached hydrogen (secondary N) is 2. The topological polar surface area (TPSA) is 70.7 Å². The van der Waals surface area contributed by atoms with Gasteiger partial charge in [0, 0.05) is 27.1 Å². The van der Waals surface area contributed by atoms with Crippen molar-refractivity contribution in [1.82, 2.24) is 15.5 Å². The van der Waals surface area contributed by atoms with Gasteiger partial charge in [0.15, 0.2) is 0 Å². The van der Waals surface area contributed by atoms with Crippen LogP contribution in [0.25, 0.3) is 0 Å². The highest BCUT2D eigenvalue weighted by Gasteiger charge is 2.22. The second-order valence-electron chi connectivity index (χ2n) is 5.31. The van der Waals surface area contributed by atoms with Crippen LogP contribution in [0, 0.1) is 5.92 Å². The van der Waals surface area contributed by atoms with Crippen molar-refractivity contribution < 1.29 is 14.3 Å². The third-order valence-corrected chi connectivity index (χ3v) is 3.36. The van der Waals surface area contributed by atoms with Gasteiger partial charge in [-0.3, -0.25) is 4.79 Å². The monoisotopic (exact) mass is 271 g/mol. The standard InChI is InChI=1S/C13H25N3O3/c1-10(17)14-9-19-8-11-4-6-12(7-5-11)15-13(18)16(2)3/h11-12H,4-9H2,1-3H3,(H,14,17)(H,15,18). The number of ether oxygens (including phenoxy) is 1. The van der Waals surface area contributed by atoms with Crippen molar-refractivity contribution in [3.8, 4) is 0 Å². The lowest BCUT2D eigenvalue weighted by Crippen LogP contribution is -2.43. The molecule has 19 heavy (non-hydrogen) atoms. The number of carbonyl (C=O) groups is 2. The van der Waals surface area contributed by atoms with Crippen LogP contribution in [0.4, 0.5) is 4.79 Å². The minimum Gasteiger partial charge on any atom is -0.361 e. The lowest BCUT2D eigenvalue weighted by atomic mass is 9.86. The average Bonchev–Trinajstić information content (AvgIpc) is 2.36. The Bertz CT molecular complexity index is 300. The number of carbonyl (C=O) groups excluding carboxylic acids is 2. The zero-order valence-corrected chi connectivity index (χ0v) is 12.1. The molecule has 0 radical (unpaired) electrons. The quantitative estimate of drug-likeness (QED) is 0.577. The smallest absolute Gasteiger partial charge is 0.317 e. The minimum atomic E-state index is -0.0740. The van der Waals surface area contributed by atoms with Gasteiger partial charge in [-0.2, -0.15) is 0 Å². The van der Waals surface area contributed by atoms with E-state index in [2.05, 4.69) is 10.6 Å². The van der Waals surface area contributed by atoms with Gasteiger partial charge in [0.2, 0.25) is 5.91 Å². The van der Waals surface area contributed by atoms with E-state index in [9.17, 15) is 9.59 Å². The van der Waals surface area contributed by atoms with Gasteiger partial charge in [-0.05, 0) is 31.6 Å². The molecule has 3 amide bonds. The van der Waals surface area contributed by atoms with E-state index in [0.29, 0.717) is 12.5 Å². The van der Waals surface area contributed by atoms with Crippen LogP contribution in [-0.4, -0.2) is 50.3 Å². The van der Waals surface area contributed by atoms with Crippen LogP contribution < -0.4 is 10.6 Å². The van der Waals surface area contributed by atoms with Gasteiger partial charge in [0.25, 0.3) is 0 Å². The fourth-order valence-corrected chi connectivity index (χ4v) is 2.16. The number of rotatable bonds is 5. The van der Waals surface area contributed by atoms with Gasteiger partial charge >= 0.3 is 6.03 Å². The Morgan fingerprint density at radius 3 is 2.37 bits per heavy atom. The molecule has 1 aliphatic rings. The molecule has 0 spiro atoms. The first-order valence-electron chi connectivity index (χ1n) is 6.79. The van der Waals surface area contributed by atoms with Crippen LogP contribution in [0.15, 0.2) is 0 Å². The van der Waals surface area contributed by atoms with Gasteiger partial charge in [-0.25, -0.2) is 4.79 Å². The van der Waals surface area contributed by atoms with Crippen LogP contribution in [-0.2, 0) is 9.53 Å². The maximum absolute atomic E-state index is 11.5. The molecule has 0 atom stereocenters. The Morgan fingerprint density at radius 2 is 1.84 bits per heavy atom. The summed E-state index contributed by atoms with van der Waals surface area (Å²) < 4.78 is 5.41. The molecule has 2 N–H and O–H groups in total. The summed E-state index contributed by atoms with van der Waals surface area (Å²) in [6.45, 7) is 2.43. The van der Waals surface area contributed by atoms with Crippen LogP contribution >= 0.6 is 0 Å². The summed E-state index contributed by atoms with van der Waals surface area (Å²) in [5.74, 6) is 0.455. The number of hydrogen-bond acceptors (Lipinski definition) is 3. The molecular formula is C13H25N3O3. The second-order valence-corrected chi connectivity index (χ2v) is 5.31. The first-order valence-corrected chi connectivity index (χ1v) is 6.79. The molecule has 0 heterocycles. The third-order valence-electron chi connectivity index (χ3n) is 3.36. The van der Waals surface area contributed by atoms with Crippen molar-refractivity contribution in [1.29, 1.82) is 0 Å². The molecule has 0 aromatic heterocycles. The van der Waals surface area contributed by atoms with Crippen molar-refractivity contribution in [2.45, 2.75) is 38.6 Å². The van der Waals surface area contributed by atoms with Crippen molar-refractivity contribution in [2.75, 3.05) is 27.4 Å². The summed E-state index contributed by atoms with van der Waals surface area (Å²) in [5, 5.41) is 5.62. The lowest BCUT2D eigenvalue weighted by Gasteiger charge is -2.29. The van der Waals surface area contributed by atoms with E-state index in [1.807, 2.05) is 0 Å². The zero-order chi connectivity index (χ0) is 14.3. The molecule has 0 unspecified atom stereocenters. The summed E-state index contributed by atoms with van der Waals surface area (Å²) in [4.78, 5) is 23.7. The van der Waals surface area contributed by atoms with Crippen molar-refractivity contribution >= 4 is 11.9 Å². The first kappa shape index (κ1) is 15.8. The summed E-state index contributed by atoms with van der Waals surface area (Å²) >= 11 is 0. The zero-order valence-electron chi connectivity index (χ0n) is 12.1. The molecule has 1 saturated carbocycles. The molecule has 0 aromatic carbocycles. The summed E-state index contributed by atoms with van der Waals surface area (Å²) in [6, 6.07) is 0.256. The molecule has 110 valence electrons. The predicted octanol–water partition coefficient (Wildman–Crippen LogP) is 0.927. The lowest BCUT2D eigenvalue weighted by molar-refractivity contribution is -0.120. The van der Waals surface area contributed by atoms with E-state index in [4.69, 9.17) is 4.74 Å². The van der Waals surface area contributed by atoms with Crippen LogP contribution in [0.3, 0.4) is 0 Å². The molecule has 0 aliphatic heterocycles. The van der Waals surface area contributed by atoms with E-state index in [1.165, 1.54) is 6.92 Å². The van der Waals surface area contributed by atoms with Crippen LogP contribution in [0.5, 0.6) is 0 Å². The van der Waals surface area contributed by atoms with Gasteiger partial charge in [0.05, 0.1) is 6.61 Å². The summed E-state index contributed by atoms with van der Waals surface area (Å²) in [5.41, 5.74) is 0. The molecule has 0 aromatic rings. The van der Waals surface area contributed by atoms with Gasteiger partial charge < -0.3 is 20.3 Å². The van der Waals surface area contributed by atoms with E-state index < -0.39 is 0 Å². The Balaban J connectivity index is 2.11. The third kappa shape index (κ3) is 6.42. The highest BCUT2D eigenvalue weighted by atomic mass is 16.5. The van der Waals surface area contributed by atoms with Crippen LogP contribution in [0.2, 0.25) is 0 Å². The number of urea groups is 1. The number of hydrogen-bond donors (Lipinski definition) is 2. The maximum Gasteiger partial charge on any atom is 0.317 e. The average molecular weight is 271 g/mol. The number of amides is 3.